The number of thiophene rings is 1. The van der Waals surface area contributed by atoms with Crippen molar-refractivity contribution in [3.8, 4) is 0 Å². The molecule has 0 unspecified atom stereocenters. The molecule has 0 saturated carbocycles. The van der Waals surface area contributed by atoms with Crippen LogP contribution in [0.5, 0.6) is 0 Å². The molecule has 0 fully saturated rings. The molecule has 0 bridgehead atoms. The minimum Gasteiger partial charge on any atom is -0.398 e. The first-order chi connectivity index (χ1) is 8.38. The summed E-state index contributed by atoms with van der Waals surface area (Å²) in [6.07, 6.45) is 0. The van der Waals surface area contributed by atoms with E-state index in [2.05, 4.69) is 15.9 Å². The lowest BCUT2D eigenvalue weighted by molar-refractivity contribution is 0.596. The highest BCUT2D eigenvalue weighted by Crippen LogP contribution is 2.27. The van der Waals surface area contributed by atoms with Crippen molar-refractivity contribution in [2.45, 2.75) is 17.6 Å². The summed E-state index contributed by atoms with van der Waals surface area (Å²) in [5.74, 6) is -0.0173. The van der Waals surface area contributed by atoms with Gasteiger partial charge in [0.25, 0.3) is 0 Å². The van der Waals surface area contributed by atoms with Gasteiger partial charge >= 0.3 is 0 Å². The first-order valence-electron chi connectivity index (χ1n) is 5.20. The Morgan fingerprint density at radius 2 is 2.06 bits per heavy atom. The van der Waals surface area contributed by atoms with Gasteiger partial charge in [-0.25, -0.2) is 8.42 Å². The van der Waals surface area contributed by atoms with Gasteiger partial charge in [0.1, 0.15) is 0 Å². The van der Waals surface area contributed by atoms with E-state index in [-0.39, 0.29) is 10.6 Å². The first kappa shape index (κ1) is 13.6. The maximum absolute atomic E-state index is 12.3. The van der Waals surface area contributed by atoms with E-state index in [4.69, 9.17) is 5.73 Å². The van der Waals surface area contributed by atoms with Crippen molar-refractivity contribution in [2.24, 2.45) is 0 Å². The molecule has 1 aromatic heterocycles. The van der Waals surface area contributed by atoms with E-state index in [9.17, 15) is 8.42 Å². The van der Waals surface area contributed by atoms with Gasteiger partial charge in [-0.3, -0.25) is 0 Å². The number of rotatable bonds is 3. The number of aryl methyl sites for hydroxylation is 1. The minimum absolute atomic E-state index is 0.0173. The molecule has 0 aliphatic heterocycles. The molecule has 0 radical (unpaired) electrons. The van der Waals surface area contributed by atoms with Crippen LogP contribution in [0.1, 0.15) is 10.4 Å². The summed E-state index contributed by atoms with van der Waals surface area (Å²) in [7, 11) is -3.38. The molecule has 0 aliphatic carbocycles. The molecule has 18 heavy (non-hydrogen) atoms. The highest BCUT2D eigenvalue weighted by Gasteiger charge is 2.19. The van der Waals surface area contributed by atoms with Crippen LogP contribution in [-0.2, 0) is 15.6 Å². The molecule has 6 heteroatoms. The molecule has 2 aromatic rings. The van der Waals surface area contributed by atoms with Crippen LogP contribution in [0, 0.1) is 6.92 Å². The van der Waals surface area contributed by atoms with E-state index in [1.165, 1.54) is 11.3 Å². The molecular weight excluding hydrogens is 334 g/mol. The molecule has 0 aliphatic rings. The number of hydrogen-bond acceptors (Lipinski definition) is 4. The Balaban J connectivity index is 2.36. The van der Waals surface area contributed by atoms with Crippen molar-refractivity contribution in [1.29, 1.82) is 0 Å². The second-order valence-electron chi connectivity index (χ2n) is 4.03. The number of nitrogen functional groups attached to an aromatic ring is 1. The molecule has 0 atom stereocenters. The van der Waals surface area contributed by atoms with E-state index in [0.717, 1.165) is 14.9 Å². The second-order valence-corrected chi connectivity index (χ2v) is 7.90. The average Bonchev–Trinajstić information content (AvgIpc) is 2.62. The van der Waals surface area contributed by atoms with E-state index in [0.29, 0.717) is 5.69 Å². The fourth-order valence-corrected chi connectivity index (χ4v) is 4.93. The summed E-state index contributed by atoms with van der Waals surface area (Å²) in [6.45, 7) is 1.88. The Labute approximate surface area is 119 Å². The molecule has 0 spiro atoms. The van der Waals surface area contributed by atoms with Crippen LogP contribution in [0.4, 0.5) is 5.69 Å². The van der Waals surface area contributed by atoms with Gasteiger partial charge in [0.2, 0.25) is 0 Å². The fraction of sp³-hybridized carbons (Fsp3) is 0.167. The van der Waals surface area contributed by atoms with Crippen molar-refractivity contribution in [1.82, 2.24) is 0 Å². The van der Waals surface area contributed by atoms with Crippen molar-refractivity contribution < 1.29 is 8.42 Å². The normalized spacial score (nSPS) is 11.7. The third-order valence-corrected chi connectivity index (χ3v) is 6.07. The summed E-state index contributed by atoms with van der Waals surface area (Å²) in [6, 6.07) is 6.82. The van der Waals surface area contributed by atoms with Gasteiger partial charge in [-0.15, -0.1) is 11.3 Å². The van der Waals surface area contributed by atoms with Crippen molar-refractivity contribution in [3.63, 3.8) is 0 Å². The van der Waals surface area contributed by atoms with Crippen LogP contribution >= 0.6 is 27.3 Å². The van der Waals surface area contributed by atoms with Crippen LogP contribution in [0.25, 0.3) is 0 Å². The third kappa shape index (κ3) is 2.93. The van der Waals surface area contributed by atoms with Crippen LogP contribution < -0.4 is 5.73 Å². The Morgan fingerprint density at radius 1 is 1.33 bits per heavy atom. The number of sulfone groups is 1. The Kier molecular flexibility index (Phi) is 3.79. The van der Waals surface area contributed by atoms with Gasteiger partial charge in [-0.1, -0.05) is 6.07 Å². The quantitative estimate of drug-likeness (QED) is 0.867. The monoisotopic (exact) mass is 345 g/mol. The van der Waals surface area contributed by atoms with Crippen LogP contribution in [0.3, 0.4) is 0 Å². The predicted molar refractivity (Wildman–Crippen MR) is 78.5 cm³/mol. The lowest BCUT2D eigenvalue weighted by Crippen LogP contribution is -2.07. The maximum Gasteiger partial charge on any atom is 0.185 e. The van der Waals surface area contributed by atoms with Gasteiger partial charge in [-0.2, -0.15) is 0 Å². The Bertz CT molecular complexity index is 677. The van der Waals surface area contributed by atoms with Crippen molar-refractivity contribution in [3.05, 3.63) is 44.6 Å². The van der Waals surface area contributed by atoms with Gasteiger partial charge in [0.15, 0.2) is 9.84 Å². The average molecular weight is 346 g/mol. The Hall–Kier alpha value is -0.850. The molecule has 0 saturated heterocycles. The summed E-state index contributed by atoms with van der Waals surface area (Å²) >= 11 is 4.72. The smallest absolute Gasteiger partial charge is 0.185 e. The van der Waals surface area contributed by atoms with Crippen molar-refractivity contribution in [2.75, 3.05) is 5.73 Å². The summed E-state index contributed by atoms with van der Waals surface area (Å²) < 4.78 is 25.4. The largest absolute Gasteiger partial charge is 0.398 e. The minimum atomic E-state index is -3.38. The zero-order valence-electron chi connectivity index (χ0n) is 9.68. The molecular formula is C12H12BrNO2S2. The zero-order valence-corrected chi connectivity index (χ0v) is 12.9. The molecule has 1 heterocycles. The topological polar surface area (TPSA) is 60.2 Å². The lowest BCUT2D eigenvalue weighted by Gasteiger charge is -2.07. The number of benzene rings is 1. The third-order valence-electron chi connectivity index (χ3n) is 2.45. The zero-order chi connectivity index (χ0) is 13.3. The van der Waals surface area contributed by atoms with Gasteiger partial charge in [-0.05, 0) is 46.6 Å². The van der Waals surface area contributed by atoms with E-state index in [1.807, 2.05) is 18.4 Å². The fourth-order valence-electron chi connectivity index (χ4n) is 1.65. The second kappa shape index (κ2) is 5.03. The number of halogens is 1. The maximum atomic E-state index is 12.3. The number of anilines is 1. The molecule has 96 valence electrons. The highest BCUT2D eigenvalue weighted by atomic mass is 79.9. The van der Waals surface area contributed by atoms with Gasteiger partial charge < -0.3 is 5.73 Å². The molecule has 2 N–H and O–H groups in total. The first-order valence-corrected chi connectivity index (χ1v) is 8.53. The van der Waals surface area contributed by atoms with Crippen LogP contribution in [-0.4, -0.2) is 8.42 Å². The van der Waals surface area contributed by atoms with E-state index >= 15 is 0 Å². The summed E-state index contributed by atoms with van der Waals surface area (Å²) in [5.41, 5.74) is 7.04. The van der Waals surface area contributed by atoms with E-state index < -0.39 is 9.84 Å². The van der Waals surface area contributed by atoms with E-state index in [1.54, 1.807) is 18.2 Å². The molecule has 2 rings (SSSR count). The van der Waals surface area contributed by atoms with Crippen molar-refractivity contribution >= 4 is 42.8 Å². The number of hydrogen-bond donors (Lipinski definition) is 1. The van der Waals surface area contributed by atoms with Gasteiger partial charge in [0.05, 0.1) is 16.3 Å². The van der Waals surface area contributed by atoms with Crippen LogP contribution in [0.15, 0.2) is 39.0 Å². The molecule has 0 amide bonds. The molecule has 3 nitrogen and oxygen atoms in total. The standard InChI is InChI=1S/C12H12BrNO2S2/c1-8-2-3-12(11(14)4-8)18(15,16)7-10-5-9(13)6-17-10/h2-6H,7,14H2,1H3. The summed E-state index contributed by atoms with van der Waals surface area (Å²) in [4.78, 5) is 1.000. The molecule has 1 aromatic carbocycles. The predicted octanol–water partition coefficient (Wildman–Crippen LogP) is 3.38. The SMILES string of the molecule is Cc1ccc(S(=O)(=O)Cc2cc(Br)cs2)c(N)c1. The number of nitrogens with two attached hydrogens (primary N) is 1. The lowest BCUT2D eigenvalue weighted by atomic mass is 10.2. The van der Waals surface area contributed by atoms with Crippen LogP contribution in [0.2, 0.25) is 0 Å². The van der Waals surface area contributed by atoms with Gasteiger partial charge in [0, 0.05) is 14.7 Å². The highest BCUT2D eigenvalue weighted by molar-refractivity contribution is 9.10. The summed E-state index contributed by atoms with van der Waals surface area (Å²) in [5, 5.41) is 1.86. The Morgan fingerprint density at radius 3 is 2.61 bits per heavy atom.